The second kappa shape index (κ2) is 4.80. The maximum absolute atomic E-state index is 11.4. The lowest BCUT2D eigenvalue weighted by atomic mass is 9.77. The van der Waals surface area contributed by atoms with E-state index in [9.17, 15) is 4.79 Å². The second-order valence-corrected chi connectivity index (χ2v) is 5.78. The van der Waals surface area contributed by atoms with E-state index >= 15 is 0 Å². The maximum atomic E-state index is 11.4. The largest absolute Gasteiger partial charge is 0.300 e. The van der Waals surface area contributed by atoms with Crippen LogP contribution in [0, 0.1) is 5.92 Å². The monoisotopic (exact) mass is 256 g/mol. The number of fused-ring (bicyclic) bond motifs is 1. The molecule has 3 nitrogen and oxygen atoms in total. The molecule has 0 N–H and O–H groups in total. The summed E-state index contributed by atoms with van der Waals surface area (Å²) < 4.78 is 1.86. The van der Waals surface area contributed by atoms with Crippen molar-refractivity contribution >= 4 is 16.7 Å². The molecule has 0 bridgehead atoms. The number of carbonyl (C=O) groups is 1. The molecule has 1 heterocycles. The first-order valence-electron chi connectivity index (χ1n) is 7.07. The lowest BCUT2D eigenvalue weighted by molar-refractivity contribution is -0.121. The van der Waals surface area contributed by atoms with E-state index in [0.717, 1.165) is 31.2 Å². The molecule has 1 aromatic heterocycles. The normalized spacial score (nSPS) is 23.7. The number of hydrogen-bond acceptors (Lipinski definition) is 2. The molecular weight excluding hydrogens is 236 g/mol. The molecule has 1 aromatic carbocycles. The van der Waals surface area contributed by atoms with Crippen LogP contribution < -0.4 is 0 Å². The van der Waals surface area contributed by atoms with Gasteiger partial charge in [-0.2, -0.15) is 5.10 Å². The van der Waals surface area contributed by atoms with E-state index in [1.165, 1.54) is 10.9 Å². The number of benzene rings is 1. The van der Waals surface area contributed by atoms with Crippen molar-refractivity contribution < 1.29 is 4.79 Å². The van der Waals surface area contributed by atoms with E-state index < -0.39 is 0 Å². The number of nitrogens with zero attached hydrogens (tertiary/aromatic N) is 2. The Bertz CT molecular complexity index is 606. The predicted molar refractivity (Wildman–Crippen MR) is 76.1 cm³/mol. The standard InChI is InChI=1S/C16H20N2O/c1-11(19)12-3-5-13(6-4-12)14-7-8-16-15(9-14)10-18(2)17-16/h7-10,12-13H,3-6H2,1-2H3. The first-order chi connectivity index (χ1) is 9.13. The molecule has 19 heavy (non-hydrogen) atoms. The molecule has 1 saturated carbocycles. The van der Waals surface area contributed by atoms with E-state index in [1.807, 2.05) is 11.7 Å². The zero-order chi connectivity index (χ0) is 13.4. The van der Waals surface area contributed by atoms with E-state index in [0.29, 0.717) is 17.6 Å². The fraction of sp³-hybridized carbons (Fsp3) is 0.500. The SMILES string of the molecule is CC(=O)C1CCC(c2ccc3nn(C)cc3c2)CC1. The number of rotatable bonds is 2. The van der Waals surface area contributed by atoms with E-state index in [-0.39, 0.29) is 0 Å². The molecule has 0 aliphatic heterocycles. The van der Waals surface area contributed by atoms with Gasteiger partial charge in [0.2, 0.25) is 0 Å². The molecule has 0 radical (unpaired) electrons. The van der Waals surface area contributed by atoms with Gasteiger partial charge in [0.25, 0.3) is 0 Å². The van der Waals surface area contributed by atoms with Crippen LogP contribution in [0.25, 0.3) is 10.9 Å². The Morgan fingerprint density at radius 1 is 1.26 bits per heavy atom. The number of aryl methyl sites for hydroxylation is 1. The van der Waals surface area contributed by atoms with Gasteiger partial charge in [-0.25, -0.2) is 0 Å². The minimum atomic E-state index is 0.304. The number of ketones is 1. The van der Waals surface area contributed by atoms with Gasteiger partial charge in [0.05, 0.1) is 5.52 Å². The van der Waals surface area contributed by atoms with E-state index in [1.54, 1.807) is 6.92 Å². The van der Waals surface area contributed by atoms with E-state index in [4.69, 9.17) is 0 Å². The van der Waals surface area contributed by atoms with Crippen molar-refractivity contribution in [2.75, 3.05) is 0 Å². The van der Waals surface area contributed by atoms with Crippen LogP contribution >= 0.6 is 0 Å². The molecule has 0 unspecified atom stereocenters. The summed E-state index contributed by atoms with van der Waals surface area (Å²) in [7, 11) is 1.96. The molecule has 100 valence electrons. The summed E-state index contributed by atoms with van der Waals surface area (Å²) in [4.78, 5) is 11.4. The molecular formula is C16H20N2O. The lowest BCUT2D eigenvalue weighted by Gasteiger charge is -2.27. The summed E-state index contributed by atoms with van der Waals surface area (Å²) in [6, 6.07) is 6.58. The first-order valence-corrected chi connectivity index (χ1v) is 7.07. The zero-order valence-electron chi connectivity index (χ0n) is 11.6. The molecule has 2 aromatic rings. The summed E-state index contributed by atoms with van der Waals surface area (Å²) in [5.41, 5.74) is 2.46. The highest BCUT2D eigenvalue weighted by Crippen LogP contribution is 2.36. The molecule has 0 amide bonds. The minimum absolute atomic E-state index is 0.304. The molecule has 1 fully saturated rings. The van der Waals surface area contributed by atoms with Gasteiger partial charge in [-0.1, -0.05) is 6.07 Å². The number of hydrogen-bond donors (Lipinski definition) is 0. The Hall–Kier alpha value is -1.64. The van der Waals surface area contributed by atoms with Crippen LogP contribution in [0.3, 0.4) is 0 Å². The zero-order valence-corrected chi connectivity index (χ0v) is 11.6. The third kappa shape index (κ3) is 2.42. The molecule has 0 atom stereocenters. The highest BCUT2D eigenvalue weighted by Gasteiger charge is 2.25. The Labute approximate surface area is 113 Å². The smallest absolute Gasteiger partial charge is 0.132 e. The molecule has 1 aliphatic carbocycles. The third-order valence-electron chi connectivity index (χ3n) is 4.42. The third-order valence-corrected chi connectivity index (χ3v) is 4.42. The van der Waals surface area contributed by atoms with Crippen molar-refractivity contribution in [2.24, 2.45) is 13.0 Å². The summed E-state index contributed by atoms with van der Waals surface area (Å²) in [6.45, 7) is 1.73. The Morgan fingerprint density at radius 3 is 2.68 bits per heavy atom. The van der Waals surface area contributed by atoms with Gasteiger partial charge in [-0.15, -0.1) is 0 Å². The summed E-state index contributed by atoms with van der Waals surface area (Å²) in [6.07, 6.45) is 6.43. The Morgan fingerprint density at radius 2 is 2.00 bits per heavy atom. The number of aromatic nitrogens is 2. The van der Waals surface area contributed by atoms with Gasteiger partial charge in [0.15, 0.2) is 0 Å². The fourth-order valence-corrected chi connectivity index (χ4v) is 3.25. The van der Waals surface area contributed by atoms with Crippen molar-refractivity contribution in [3.63, 3.8) is 0 Å². The highest BCUT2D eigenvalue weighted by molar-refractivity contribution is 5.79. The fourth-order valence-electron chi connectivity index (χ4n) is 3.25. The van der Waals surface area contributed by atoms with Crippen LogP contribution in [0.1, 0.15) is 44.1 Å². The topological polar surface area (TPSA) is 34.9 Å². The van der Waals surface area contributed by atoms with Gasteiger partial charge in [0.1, 0.15) is 5.78 Å². The van der Waals surface area contributed by atoms with Crippen LogP contribution in [0.4, 0.5) is 0 Å². The van der Waals surface area contributed by atoms with Crippen LogP contribution in [-0.4, -0.2) is 15.6 Å². The van der Waals surface area contributed by atoms with Gasteiger partial charge in [-0.3, -0.25) is 9.48 Å². The van der Waals surface area contributed by atoms with Gasteiger partial charge >= 0.3 is 0 Å². The van der Waals surface area contributed by atoms with Gasteiger partial charge < -0.3 is 0 Å². The highest BCUT2D eigenvalue weighted by atomic mass is 16.1. The maximum Gasteiger partial charge on any atom is 0.132 e. The van der Waals surface area contributed by atoms with Gasteiger partial charge in [0, 0.05) is 24.5 Å². The van der Waals surface area contributed by atoms with Crippen LogP contribution in [0.15, 0.2) is 24.4 Å². The van der Waals surface area contributed by atoms with Gasteiger partial charge in [-0.05, 0) is 56.2 Å². The average Bonchev–Trinajstić information content (AvgIpc) is 2.77. The van der Waals surface area contributed by atoms with Crippen molar-refractivity contribution in [2.45, 2.75) is 38.5 Å². The van der Waals surface area contributed by atoms with Crippen molar-refractivity contribution in [1.82, 2.24) is 9.78 Å². The lowest BCUT2D eigenvalue weighted by Crippen LogP contribution is -2.18. The quantitative estimate of drug-likeness (QED) is 0.825. The Balaban J connectivity index is 1.79. The van der Waals surface area contributed by atoms with Crippen LogP contribution in [0.5, 0.6) is 0 Å². The van der Waals surface area contributed by atoms with Crippen molar-refractivity contribution in [1.29, 1.82) is 0 Å². The predicted octanol–water partition coefficient (Wildman–Crippen LogP) is 3.44. The number of Topliss-reactive ketones (excluding diaryl/α,β-unsaturated/α-hetero) is 1. The van der Waals surface area contributed by atoms with Crippen molar-refractivity contribution in [3.05, 3.63) is 30.0 Å². The second-order valence-electron chi connectivity index (χ2n) is 5.78. The molecule has 1 aliphatic rings. The summed E-state index contributed by atoms with van der Waals surface area (Å²) >= 11 is 0. The van der Waals surface area contributed by atoms with Crippen LogP contribution in [0.2, 0.25) is 0 Å². The van der Waals surface area contributed by atoms with Crippen molar-refractivity contribution in [3.8, 4) is 0 Å². The van der Waals surface area contributed by atoms with E-state index in [2.05, 4.69) is 29.5 Å². The molecule has 3 rings (SSSR count). The molecule has 0 spiro atoms. The molecule has 3 heteroatoms. The minimum Gasteiger partial charge on any atom is -0.300 e. The summed E-state index contributed by atoms with van der Waals surface area (Å²) in [5, 5.41) is 5.62. The first kappa shape index (κ1) is 12.4. The number of carbonyl (C=O) groups excluding carboxylic acids is 1. The summed E-state index contributed by atoms with van der Waals surface area (Å²) in [5.74, 6) is 1.28. The average molecular weight is 256 g/mol. The Kier molecular flexibility index (Phi) is 3.13. The van der Waals surface area contributed by atoms with Crippen LogP contribution in [-0.2, 0) is 11.8 Å². The molecule has 0 saturated heterocycles.